The van der Waals surface area contributed by atoms with Crippen LogP contribution in [0.3, 0.4) is 0 Å². The molecule has 39 heavy (non-hydrogen) atoms. The lowest BCUT2D eigenvalue weighted by molar-refractivity contribution is -0.132. The van der Waals surface area contributed by atoms with Gasteiger partial charge in [-0.25, -0.2) is 23.9 Å². The van der Waals surface area contributed by atoms with Crippen molar-refractivity contribution in [3.8, 4) is 11.4 Å². The molecule has 0 saturated heterocycles. The highest BCUT2D eigenvalue weighted by atomic mass is 19.1. The van der Waals surface area contributed by atoms with Crippen molar-refractivity contribution in [1.82, 2.24) is 24.4 Å². The van der Waals surface area contributed by atoms with Crippen LogP contribution in [0.2, 0.25) is 0 Å². The summed E-state index contributed by atoms with van der Waals surface area (Å²) in [6, 6.07) is 10.3. The summed E-state index contributed by atoms with van der Waals surface area (Å²) >= 11 is 0. The number of carboxylic acids is 1. The molecule has 4 N–H and O–H groups in total. The van der Waals surface area contributed by atoms with Gasteiger partial charge in [0, 0.05) is 18.2 Å². The number of halogens is 1. The monoisotopic (exact) mass is 532 g/mol. The average molecular weight is 533 g/mol. The standard InChI is InChI=1S/C27H25FN6O5/c1-39-21-11-6-17(28)12-20(21)25(35)30-13-15-2-7-18(8-3-15)33-22-23(29)31-14-32-24(22)34(27(33)38)19-9-4-16(5-10-19)26(36)37/h2-4,6-8,11-12,14,19H,5,9-10,13H2,1H3,(H,30,35)(H,36,37)(H2,29,31,32). The summed E-state index contributed by atoms with van der Waals surface area (Å²) in [6.45, 7) is 0.154. The first-order valence-electron chi connectivity index (χ1n) is 12.1. The van der Waals surface area contributed by atoms with Crippen molar-refractivity contribution in [2.24, 2.45) is 0 Å². The molecule has 5 rings (SSSR count). The third kappa shape index (κ3) is 4.83. The number of benzene rings is 2. The quantitative estimate of drug-likeness (QED) is 0.328. The molecular formula is C27H25FN6O5. The van der Waals surface area contributed by atoms with E-state index in [-0.39, 0.29) is 35.4 Å². The second-order valence-electron chi connectivity index (χ2n) is 9.08. The maximum absolute atomic E-state index is 13.7. The van der Waals surface area contributed by atoms with E-state index in [1.165, 1.54) is 30.1 Å². The molecular weight excluding hydrogens is 507 g/mol. The molecule has 11 nitrogen and oxygen atoms in total. The van der Waals surface area contributed by atoms with E-state index in [1.807, 2.05) is 0 Å². The van der Waals surface area contributed by atoms with Gasteiger partial charge in [0.1, 0.15) is 23.4 Å². The molecule has 2 aromatic carbocycles. The third-order valence-electron chi connectivity index (χ3n) is 6.76. The van der Waals surface area contributed by atoms with Gasteiger partial charge in [-0.2, -0.15) is 0 Å². The second-order valence-corrected chi connectivity index (χ2v) is 9.08. The predicted molar refractivity (Wildman–Crippen MR) is 140 cm³/mol. The number of imidazole rings is 1. The summed E-state index contributed by atoms with van der Waals surface area (Å²) < 4.78 is 21.8. The van der Waals surface area contributed by atoms with Crippen molar-refractivity contribution in [3.63, 3.8) is 0 Å². The highest BCUT2D eigenvalue weighted by Gasteiger charge is 2.27. The van der Waals surface area contributed by atoms with E-state index in [1.54, 1.807) is 34.9 Å². The van der Waals surface area contributed by atoms with Gasteiger partial charge >= 0.3 is 11.7 Å². The number of ether oxygens (including phenoxy) is 1. The minimum atomic E-state index is -0.957. The topological polar surface area (TPSA) is 154 Å². The number of allylic oxidation sites excluding steroid dienone is 1. The minimum absolute atomic E-state index is 0.0805. The van der Waals surface area contributed by atoms with Crippen LogP contribution in [0.5, 0.6) is 5.75 Å². The molecule has 2 aromatic heterocycles. The zero-order valence-electron chi connectivity index (χ0n) is 20.9. The number of aliphatic carboxylic acids is 1. The number of hydrogen-bond donors (Lipinski definition) is 3. The third-order valence-corrected chi connectivity index (χ3v) is 6.76. The number of methoxy groups -OCH3 is 1. The van der Waals surface area contributed by atoms with Crippen LogP contribution in [0.1, 0.15) is 41.2 Å². The lowest BCUT2D eigenvalue weighted by Crippen LogP contribution is -2.28. The van der Waals surface area contributed by atoms with Gasteiger partial charge in [-0.1, -0.05) is 18.2 Å². The summed E-state index contributed by atoms with van der Waals surface area (Å²) in [5.41, 5.74) is 8.19. The molecule has 0 spiro atoms. The molecule has 200 valence electrons. The number of carbonyl (C=O) groups is 2. The molecule has 1 aliphatic rings. The lowest BCUT2D eigenvalue weighted by atomic mass is 9.95. The lowest BCUT2D eigenvalue weighted by Gasteiger charge is -2.21. The number of anilines is 1. The number of rotatable bonds is 7. The van der Waals surface area contributed by atoms with Crippen molar-refractivity contribution >= 4 is 28.9 Å². The van der Waals surface area contributed by atoms with E-state index in [0.717, 1.165) is 11.6 Å². The Morgan fingerprint density at radius 1 is 1.21 bits per heavy atom. The Hall–Kier alpha value is -5.00. The Morgan fingerprint density at radius 2 is 1.97 bits per heavy atom. The van der Waals surface area contributed by atoms with Crippen LogP contribution in [0.4, 0.5) is 10.2 Å². The molecule has 0 bridgehead atoms. The van der Waals surface area contributed by atoms with Crippen molar-refractivity contribution in [3.05, 3.63) is 87.9 Å². The molecule has 12 heteroatoms. The van der Waals surface area contributed by atoms with Crippen LogP contribution in [-0.4, -0.2) is 43.2 Å². The van der Waals surface area contributed by atoms with E-state index in [4.69, 9.17) is 10.5 Å². The summed E-state index contributed by atoms with van der Waals surface area (Å²) in [6.07, 6.45) is 4.11. The van der Waals surface area contributed by atoms with Crippen molar-refractivity contribution < 1.29 is 23.8 Å². The van der Waals surface area contributed by atoms with Crippen molar-refractivity contribution in [2.75, 3.05) is 12.8 Å². The van der Waals surface area contributed by atoms with E-state index in [0.29, 0.717) is 41.7 Å². The van der Waals surface area contributed by atoms with Crippen LogP contribution in [0, 0.1) is 5.82 Å². The van der Waals surface area contributed by atoms with E-state index in [9.17, 15) is 23.9 Å². The molecule has 2 heterocycles. The Morgan fingerprint density at radius 3 is 2.64 bits per heavy atom. The van der Waals surface area contributed by atoms with Gasteiger partial charge in [-0.15, -0.1) is 0 Å². The van der Waals surface area contributed by atoms with Gasteiger partial charge in [-0.3, -0.25) is 13.9 Å². The zero-order chi connectivity index (χ0) is 27.7. The van der Waals surface area contributed by atoms with Gasteiger partial charge in [0.2, 0.25) is 0 Å². The summed E-state index contributed by atoms with van der Waals surface area (Å²) in [5, 5.41) is 12.0. The first-order valence-corrected chi connectivity index (χ1v) is 12.1. The van der Waals surface area contributed by atoms with Gasteiger partial charge in [0.25, 0.3) is 5.91 Å². The molecule has 1 unspecified atom stereocenters. The van der Waals surface area contributed by atoms with Crippen LogP contribution in [0.15, 0.2) is 65.2 Å². The fraction of sp³-hybridized carbons (Fsp3) is 0.222. The smallest absolute Gasteiger partial charge is 0.335 e. The Bertz CT molecular complexity index is 1670. The molecule has 1 atom stereocenters. The molecule has 0 fully saturated rings. The first-order chi connectivity index (χ1) is 18.8. The number of nitrogens with one attached hydrogen (secondary N) is 1. The number of nitrogens with zero attached hydrogens (tertiary/aromatic N) is 4. The van der Waals surface area contributed by atoms with Gasteiger partial charge in [0.15, 0.2) is 11.5 Å². The second kappa shape index (κ2) is 10.4. The number of nitrogen functional groups attached to an aromatic ring is 1. The number of amides is 1. The predicted octanol–water partition coefficient (Wildman–Crippen LogP) is 2.98. The van der Waals surface area contributed by atoms with Crippen molar-refractivity contribution in [1.29, 1.82) is 0 Å². The minimum Gasteiger partial charge on any atom is -0.496 e. The number of hydrogen-bond acceptors (Lipinski definition) is 7. The molecule has 0 aliphatic heterocycles. The Kier molecular flexibility index (Phi) is 6.84. The normalized spacial score (nSPS) is 15.1. The van der Waals surface area contributed by atoms with Crippen LogP contribution < -0.4 is 21.5 Å². The fourth-order valence-electron chi connectivity index (χ4n) is 4.78. The number of nitrogens with two attached hydrogens (primary N) is 1. The summed E-state index contributed by atoms with van der Waals surface area (Å²) in [5.74, 6) is -1.61. The van der Waals surface area contributed by atoms with Gasteiger partial charge < -0.3 is 20.9 Å². The zero-order valence-corrected chi connectivity index (χ0v) is 20.9. The van der Waals surface area contributed by atoms with Gasteiger partial charge in [0.05, 0.1) is 18.4 Å². The number of carboxylic acid groups (broad SMARTS) is 1. The molecule has 1 amide bonds. The molecule has 0 radical (unpaired) electrons. The number of aromatic nitrogens is 4. The SMILES string of the molecule is COc1ccc(F)cc1C(=O)NCc1ccc(-n2c(=O)n(C3CC=C(C(=O)O)CC3)c3ncnc(N)c32)cc1. The van der Waals surface area contributed by atoms with E-state index in [2.05, 4.69) is 15.3 Å². The summed E-state index contributed by atoms with van der Waals surface area (Å²) in [4.78, 5) is 46.0. The number of carbonyl (C=O) groups excluding carboxylic acids is 1. The highest BCUT2D eigenvalue weighted by Crippen LogP contribution is 2.31. The first kappa shape index (κ1) is 25.6. The molecule has 4 aromatic rings. The molecule has 0 saturated carbocycles. The van der Waals surface area contributed by atoms with E-state index >= 15 is 0 Å². The van der Waals surface area contributed by atoms with Gasteiger partial charge in [-0.05, 0) is 55.2 Å². The summed E-state index contributed by atoms with van der Waals surface area (Å²) in [7, 11) is 1.40. The molecule has 1 aliphatic carbocycles. The Balaban J connectivity index is 1.43. The van der Waals surface area contributed by atoms with Crippen LogP contribution in [0.25, 0.3) is 16.9 Å². The van der Waals surface area contributed by atoms with Crippen LogP contribution in [-0.2, 0) is 11.3 Å². The fourth-order valence-corrected chi connectivity index (χ4v) is 4.78. The Labute approximate surface area is 221 Å². The van der Waals surface area contributed by atoms with Crippen molar-refractivity contribution in [2.45, 2.75) is 31.8 Å². The number of fused-ring (bicyclic) bond motifs is 1. The largest absolute Gasteiger partial charge is 0.496 e. The highest BCUT2D eigenvalue weighted by molar-refractivity contribution is 5.97. The average Bonchev–Trinajstić information content (AvgIpc) is 3.24. The maximum atomic E-state index is 13.7. The maximum Gasteiger partial charge on any atom is 0.335 e. The van der Waals surface area contributed by atoms with Crippen LogP contribution >= 0.6 is 0 Å². The van der Waals surface area contributed by atoms with E-state index < -0.39 is 17.7 Å².